The van der Waals surface area contributed by atoms with Gasteiger partial charge in [-0.25, -0.2) is 4.39 Å². The van der Waals surface area contributed by atoms with Gasteiger partial charge in [0.05, 0.1) is 0 Å². The normalized spacial score (nSPS) is 19.9. The molecule has 0 radical (unpaired) electrons. The summed E-state index contributed by atoms with van der Waals surface area (Å²) >= 11 is 0. The topological polar surface area (TPSA) is 56.0 Å². The van der Waals surface area contributed by atoms with Gasteiger partial charge in [-0.3, -0.25) is 0 Å². The highest BCUT2D eigenvalue weighted by Crippen LogP contribution is 2.33. The van der Waals surface area contributed by atoms with E-state index < -0.39 is 5.82 Å². The Morgan fingerprint density at radius 2 is 2.29 bits per heavy atom. The third-order valence-corrected chi connectivity index (χ3v) is 2.47. The quantitative estimate of drug-likeness (QED) is 0.707. The van der Waals surface area contributed by atoms with E-state index in [9.17, 15) is 9.50 Å². The Labute approximate surface area is 80.8 Å². The van der Waals surface area contributed by atoms with E-state index >= 15 is 0 Å². The molecule has 1 saturated heterocycles. The van der Waals surface area contributed by atoms with E-state index in [0.717, 1.165) is 13.0 Å². The maximum Gasteiger partial charge on any atom is 0.144 e. The first-order valence-corrected chi connectivity index (χ1v) is 4.39. The molecule has 2 rings (SSSR count). The molecular weight excluding hydrogens is 183 g/mol. The first kappa shape index (κ1) is 8.97. The first-order chi connectivity index (χ1) is 6.74. The third-order valence-electron chi connectivity index (χ3n) is 2.47. The van der Waals surface area contributed by atoms with Gasteiger partial charge in [-0.1, -0.05) is 6.07 Å². The van der Waals surface area contributed by atoms with Gasteiger partial charge in [0.25, 0.3) is 0 Å². The smallest absolute Gasteiger partial charge is 0.144 e. The largest absolute Gasteiger partial charge is 0.506 e. The van der Waals surface area contributed by atoms with Crippen LogP contribution in [0.15, 0.2) is 12.1 Å². The lowest BCUT2D eigenvalue weighted by atomic mass is 9.95. The minimum atomic E-state index is -0.673. The monoisotopic (exact) mass is 192 g/mol. The van der Waals surface area contributed by atoms with Crippen molar-refractivity contribution in [2.45, 2.75) is 12.5 Å². The highest BCUT2D eigenvalue weighted by molar-refractivity contribution is 5.50. The molecule has 4 heteroatoms. The molecule has 2 N–H and O–H groups in total. The number of halogens is 1. The van der Waals surface area contributed by atoms with Gasteiger partial charge in [-0.15, -0.1) is 0 Å². The van der Waals surface area contributed by atoms with Crippen LogP contribution in [0.2, 0.25) is 0 Å². The van der Waals surface area contributed by atoms with Crippen LogP contribution in [0.4, 0.5) is 4.39 Å². The molecule has 1 aromatic carbocycles. The Hall–Kier alpha value is -1.60. The summed E-state index contributed by atoms with van der Waals surface area (Å²) in [5.41, 5.74) is 0.338. The Balaban J connectivity index is 2.47. The van der Waals surface area contributed by atoms with Gasteiger partial charge >= 0.3 is 0 Å². The molecule has 1 aliphatic heterocycles. The lowest BCUT2D eigenvalue weighted by Gasteiger charge is -2.28. The molecule has 1 aliphatic rings. The minimum absolute atomic E-state index is 0.0581. The van der Waals surface area contributed by atoms with E-state index in [2.05, 4.69) is 5.32 Å². The van der Waals surface area contributed by atoms with E-state index in [4.69, 9.17) is 5.26 Å². The fourth-order valence-corrected chi connectivity index (χ4v) is 1.52. The van der Waals surface area contributed by atoms with Gasteiger partial charge in [-0.05, 0) is 19.0 Å². The van der Waals surface area contributed by atoms with E-state index in [-0.39, 0.29) is 17.4 Å². The van der Waals surface area contributed by atoms with Gasteiger partial charge in [0.2, 0.25) is 0 Å². The number of hydrogen-bond acceptors (Lipinski definition) is 3. The summed E-state index contributed by atoms with van der Waals surface area (Å²) in [7, 11) is 0. The average molecular weight is 192 g/mol. The number of nitriles is 1. The molecule has 1 fully saturated rings. The van der Waals surface area contributed by atoms with Crippen molar-refractivity contribution in [3.8, 4) is 11.8 Å². The van der Waals surface area contributed by atoms with Crippen molar-refractivity contribution in [2.75, 3.05) is 6.54 Å². The summed E-state index contributed by atoms with van der Waals surface area (Å²) in [6, 6.07) is 4.44. The number of rotatable bonds is 1. The summed E-state index contributed by atoms with van der Waals surface area (Å²) < 4.78 is 13.0. The van der Waals surface area contributed by atoms with Crippen LogP contribution in [-0.2, 0) is 0 Å². The molecule has 3 nitrogen and oxygen atoms in total. The zero-order valence-corrected chi connectivity index (χ0v) is 7.42. The molecule has 1 aromatic rings. The first-order valence-electron chi connectivity index (χ1n) is 4.39. The van der Waals surface area contributed by atoms with Crippen molar-refractivity contribution in [2.24, 2.45) is 0 Å². The van der Waals surface area contributed by atoms with E-state index in [1.54, 1.807) is 6.07 Å². The Bertz CT molecular complexity index is 407. The number of nitrogens with one attached hydrogen (secondary N) is 1. The standard InChI is InChI=1S/C10H9FN2O/c11-8-2-1-6(9-3-4-13-9)10(14)7(8)5-12/h1-2,9,13-14H,3-4H2/t9-/m0/s1. The van der Waals surface area contributed by atoms with E-state index in [1.165, 1.54) is 12.1 Å². The molecule has 1 atom stereocenters. The van der Waals surface area contributed by atoms with Crippen molar-refractivity contribution in [1.29, 1.82) is 5.26 Å². The number of phenols is 1. The summed E-state index contributed by atoms with van der Waals surface area (Å²) in [5, 5.41) is 21.3. The van der Waals surface area contributed by atoms with Crippen LogP contribution >= 0.6 is 0 Å². The Morgan fingerprint density at radius 1 is 1.57 bits per heavy atom. The van der Waals surface area contributed by atoms with Gasteiger partial charge in [0.1, 0.15) is 23.2 Å². The fourth-order valence-electron chi connectivity index (χ4n) is 1.52. The van der Waals surface area contributed by atoms with Gasteiger partial charge < -0.3 is 10.4 Å². The average Bonchev–Trinajstić information content (AvgIpc) is 2.08. The molecule has 1 heterocycles. The molecular formula is C10H9FN2O. The van der Waals surface area contributed by atoms with Crippen LogP contribution in [0.25, 0.3) is 0 Å². The molecule has 0 unspecified atom stereocenters. The van der Waals surface area contributed by atoms with Crippen LogP contribution in [0.1, 0.15) is 23.6 Å². The number of phenolic OH excluding ortho intramolecular Hbond substituents is 1. The van der Waals surface area contributed by atoms with Gasteiger partial charge in [0, 0.05) is 11.6 Å². The number of nitrogens with zero attached hydrogens (tertiary/aromatic N) is 1. The van der Waals surface area contributed by atoms with Crippen LogP contribution in [0.5, 0.6) is 5.75 Å². The van der Waals surface area contributed by atoms with Crippen molar-refractivity contribution in [1.82, 2.24) is 5.32 Å². The lowest BCUT2D eigenvalue weighted by molar-refractivity contribution is 0.362. The maximum absolute atomic E-state index is 13.0. The second-order valence-electron chi connectivity index (χ2n) is 3.27. The molecule has 0 saturated carbocycles. The SMILES string of the molecule is N#Cc1c(F)ccc([C@@H]2CCN2)c1O. The molecule has 72 valence electrons. The van der Waals surface area contributed by atoms with Crippen molar-refractivity contribution in [3.05, 3.63) is 29.1 Å². The van der Waals surface area contributed by atoms with E-state index in [1.807, 2.05) is 0 Å². The lowest BCUT2D eigenvalue weighted by Crippen LogP contribution is -2.35. The number of aromatic hydroxyl groups is 1. The summed E-state index contributed by atoms with van der Waals surface area (Å²) in [4.78, 5) is 0. The van der Waals surface area contributed by atoms with Gasteiger partial charge in [-0.2, -0.15) is 5.26 Å². The predicted molar refractivity (Wildman–Crippen MR) is 48.1 cm³/mol. The zero-order valence-electron chi connectivity index (χ0n) is 7.42. The zero-order chi connectivity index (χ0) is 10.1. The van der Waals surface area contributed by atoms with Crippen LogP contribution in [-0.4, -0.2) is 11.7 Å². The highest BCUT2D eigenvalue weighted by atomic mass is 19.1. The van der Waals surface area contributed by atoms with Crippen LogP contribution in [0, 0.1) is 17.1 Å². The third kappa shape index (κ3) is 1.22. The van der Waals surface area contributed by atoms with Crippen LogP contribution < -0.4 is 5.32 Å². The predicted octanol–water partition coefficient (Wildman–Crippen LogP) is 1.44. The Morgan fingerprint density at radius 3 is 2.79 bits per heavy atom. The van der Waals surface area contributed by atoms with Gasteiger partial charge in [0.15, 0.2) is 0 Å². The maximum atomic E-state index is 13.0. The summed E-state index contributed by atoms with van der Waals surface area (Å²) in [6.07, 6.45) is 0.907. The molecule has 14 heavy (non-hydrogen) atoms. The fraction of sp³-hybridized carbons (Fsp3) is 0.300. The van der Waals surface area contributed by atoms with Crippen molar-refractivity contribution >= 4 is 0 Å². The number of hydrogen-bond donors (Lipinski definition) is 2. The number of benzene rings is 1. The van der Waals surface area contributed by atoms with Crippen molar-refractivity contribution in [3.63, 3.8) is 0 Å². The molecule has 0 bridgehead atoms. The minimum Gasteiger partial charge on any atom is -0.506 e. The van der Waals surface area contributed by atoms with Crippen molar-refractivity contribution < 1.29 is 9.50 Å². The molecule has 0 aliphatic carbocycles. The van der Waals surface area contributed by atoms with E-state index in [0.29, 0.717) is 5.56 Å². The Kier molecular flexibility index (Phi) is 2.10. The summed E-state index contributed by atoms with van der Waals surface area (Å²) in [5.74, 6) is -0.905. The summed E-state index contributed by atoms with van der Waals surface area (Å²) in [6.45, 7) is 0.892. The molecule has 0 aromatic heterocycles. The second kappa shape index (κ2) is 3.28. The molecule has 0 spiro atoms. The molecule has 0 amide bonds. The highest BCUT2D eigenvalue weighted by Gasteiger charge is 2.24. The second-order valence-corrected chi connectivity index (χ2v) is 3.27. The van der Waals surface area contributed by atoms with Crippen LogP contribution in [0.3, 0.4) is 0 Å².